The van der Waals surface area contributed by atoms with Crippen LogP contribution in [0.3, 0.4) is 0 Å². The zero-order valence-electron chi connectivity index (χ0n) is 16.3. The third-order valence-corrected chi connectivity index (χ3v) is 4.85. The van der Waals surface area contributed by atoms with E-state index in [1.54, 1.807) is 12.5 Å². The van der Waals surface area contributed by atoms with E-state index < -0.39 is 11.8 Å². The molecule has 0 radical (unpaired) electrons. The maximum Gasteiger partial charge on any atom is 0.289 e. The molecule has 8 heteroatoms. The first-order valence-electron chi connectivity index (χ1n) is 8.85. The van der Waals surface area contributed by atoms with Crippen molar-refractivity contribution in [3.8, 4) is 22.1 Å². The molecule has 0 saturated carbocycles. The minimum absolute atomic E-state index is 0.211. The molecule has 1 heterocycles. The molecule has 2 amide bonds. The Morgan fingerprint density at radius 3 is 2.34 bits per heavy atom. The largest absolute Gasteiger partial charge is 0.497 e. The van der Waals surface area contributed by atoms with Crippen molar-refractivity contribution in [1.29, 1.82) is 0 Å². The summed E-state index contributed by atoms with van der Waals surface area (Å²) in [4.78, 5) is 28.5. The Kier molecular flexibility index (Phi) is 6.46. The van der Waals surface area contributed by atoms with Crippen LogP contribution in [-0.4, -0.2) is 30.5 Å². The average Bonchev–Trinajstić information content (AvgIpc) is 3.20. The third-order valence-electron chi connectivity index (χ3n) is 3.95. The van der Waals surface area contributed by atoms with Crippen molar-refractivity contribution in [2.45, 2.75) is 13.8 Å². The topological polar surface area (TPSA) is 89.5 Å². The number of thiazole rings is 1. The fourth-order valence-electron chi connectivity index (χ4n) is 2.64. The van der Waals surface area contributed by atoms with Crippen molar-refractivity contribution in [1.82, 2.24) is 15.8 Å². The van der Waals surface area contributed by atoms with Crippen LogP contribution in [0.4, 0.5) is 0 Å². The molecule has 7 nitrogen and oxygen atoms in total. The molecular weight excluding hydrogens is 390 g/mol. The van der Waals surface area contributed by atoms with E-state index >= 15 is 0 Å². The van der Waals surface area contributed by atoms with Gasteiger partial charge in [-0.25, -0.2) is 4.98 Å². The Labute approximate surface area is 172 Å². The van der Waals surface area contributed by atoms with Gasteiger partial charge < -0.3 is 9.47 Å². The van der Waals surface area contributed by atoms with Crippen LogP contribution in [-0.2, 0) is 4.79 Å². The van der Waals surface area contributed by atoms with Gasteiger partial charge in [0, 0.05) is 10.9 Å². The molecule has 2 aromatic carbocycles. The molecular formula is C21H21N3O4S. The zero-order valence-corrected chi connectivity index (χ0v) is 17.1. The SMILES string of the molecule is COc1ccc(-c2nc(C(=O)NNC(=O)COc3cc(C)cc(C)c3)cs2)cc1. The van der Waals surface area contributed by atoms with Gasteiger partial charge in [0.15, 0.2) is 6.61 Å². The Balaban J connectivity index is 1.51. The lowest BCUT2D eigenvalue weighted by Gasteiger charge is -2.09. The van der Waals surface area contributed by atoms with Crippen molar-refractivity contribution < 1.29 is 19.1 Å². The van der Waals surface area contributed by atoms with Crippen LogP contribution < -0.4 is 20.3 Å². The molecule has 0 spiro atoms. The molecule has 0 atom stereocenters. The van der Waals surface area contributed by atoms with E-state index in [2.05, 4.69) is 15.8 Å². The molecule has 0 aliphatic rings. The molecule has 0 aliphatic carbocycles. The maximum absolute atomic E-state index is 12.2. The molecule has 1 aromatic heterocycles. The van der Waals surface area contributed by atoms with Gasteiger partial charge in [-0.05, 0) is 61.4 Å². The summed E-state index contributed by atoms with van der Waals surface area (Å²) in [6, 6.07) is 13.1. The van der Waals surface area contributed by atoms with Crippen LogP contribution in [0, 0.1) is 13.8 Å². The van der Waals surface area contributed by atoms with Gasteiger partial charge in [0.2, 0.25) is 0 Å². The number of hydrogen-bond acceptors (Lipinski definition) is 6. The lowest BCUT2D eigenvalue weighted by molar-refractivity contribution is -0.123. The summed E-state index contributed by atoms with van der Waals surface area (Å²) in [6.45, 7) is 3.69. The Morgan fingerprint density at radius 1 is 1.00 bits per heavy atom. The van der Waals surface area contributed by atoms with Crippen LogP contribution in [0.1, 0.15) is 21.6 Å². The standard InChI is InChI=1S/C21H21N3O4S/c1-13-8-14(2)10-17(9-13)28-11-19(25)23-24-20(26)18-12-29-21(22-18)15-4-6-16(27-3)7-5-15/h4-10,12H,11H2,1-3H3,(H,23,25)(H,24,26). The van der Waals surface area contributed by atoms with E-state index in [-0.39, 0.29) is 12.3 Å². The molecule has 3 rings (SSSR count). The van der Waals surface area contributed by atoms with E-state index in [0.29, 0.717) is 10.8 Å². The predicted molar refractivity (Wildman–Crippen MR) is 111 cm³/mol. The minimum atomic E-state index is -0.499. The molecule has 0 fully saturated rings. The quantitative estimate of drug-likeness (QED) is 0.608. The first-order valence-corrected chi connectivity index (χ1v) is 9.73. The highest BCUT2D eigenvalue weighted by Gasteiger charge is 2.13. The molecule has 0 aliphatic heterocycles. The van der Waals surface area contributed by atoms with Gasteiger partial charge in [-0.2, -0.15) is 0 Å². The summed E-state index contributed by atoms with van der Waals surface area (Å²) < 4.78 is 10.6. The number of nitrogens with zero attached hydrogens (tertiary/aromatic N) is 1. The molecule has 0 unspecified atom stereocenters. The number of carbonyl (C=O) groups is 2. The van der Waals surface area contributed by atoms with Crippen LogP contribution in [0.5, 0.6) is 11.5 Å². The predicted octanol–water partition coefficient (Wildman–Crippen LogP) is 3.28. The van der Waals surface area contributed by atoms with E-state index in [9.17, 15) is 9.59 Å². The number of carbonyl (C=O) groups excluding carboxylic acids is 2. The first-order chi connectivity index (χ1) is 13.9. The van der Waals surface area contributed by atoms with E-state index in [1.807, 2.05) is 56.3 Å². The third kappa shape index (κ3) is 5.55. The molecule has 3 aromatic rings. The van der Waals surface area contributed by atoms with Gasteiger partial charge in [0.05, 0.1) is 7.11 Å². The van der Waals surface area contributed by atoms with Crippen molar-refractivity contribution in [3.63, 3.8) is 0 Å². The minimum Gasteiger partial charge on any atom is -0.497 e. The molecule has 0 saturated heterocycles. The van der Waals surface area contributed by atoms with Crippen molar-refractivity contribution in [3.05, 3.63) is 64.7 Å². The second-order valence-corrected chi connectivity index (χ2v) is 7.24. The van der Waals surface area contributed by atoms with Crippen LogP contribution in [0.2, 0.25) is 0 Å². The average molecular weight is 411 g/mol. The van der Waals surface area contributed by atoms with Crippen LogP contribution in [0.25, 0.3) is 10.6 Å². The Bertz CT molecular complexity index is 995. The number of rotatable bonds is 6. The second kappa shape index (κ2) is 9.20. The van der Waals surface area contributed by atoms with Crippen molar-refractivity contribution in [2.24, 2.45) is 0 Å². The first kappa shape index (κ1) is 20.3. The highest BCUT2D eigenvalue weighted by atomic mass is 32.1. The number of hydrazine groups is 1. The summed E-state index contributed by atoms with van der Waals surface area (Å²) >= 11 is 1.34. The van der Waals surface area contributed by atoms with Gasteiger partial charge >= 0.3 is 0 Å². The lowest BCUT2D eigenvalue weighted by Crippen LogP contribution is -2.43. The normalized spacial score (nSPS) is 10.3. The highest BCUT2D eigenvalue weighted by Crippen LogP contribution is 2.25. The number of aryl methyl sites for hydroxylation is 2. The number of amides is 2. The monoisotopic (exact) mass is 411 g/mol. The Hall–Kier alpha value is -3.39. The smallest absolute Gasteiger partial charge is 0.289 e. The molecule has 2 N–H and O–H groups in total. The van der Waals surface area contributed by atoms with Crippen molar-refractivity contribution >= 4 is 23.2 Å². The number of hydrogen-bond donors (Lipinski definition) is 2. The molecule has 29 heavy (non-hydrogen) atoms. The Morgan fingerprint density at radius 2 is 1.69 bits per heavy atom. The lowest BCUT2D eigenvalue weighted by atomic mass is 10.1. The fourth-order valence-corrected chi connectivity index (χ4v) is 3.44. The van der Waals surface area contributed by atoms with E-state index in [4.69, 9.17) is 9.47 Å². The number of benzene rings is 2. The summed E-state index contributed by atoms with van der Waals surface area (Å²) in [5, 5.41) is 2.33. The van der Waals surface area contributed by atoms with Crippen LogP contribution in [0.15, 0.2) is 47.8 Å². The second-order valence-electron chi connectivity index (χ2n) is 6.38. The number of aromatic nitrogens is 1. The summed E-state index contributed by atoms with van der Waals surface area (Å²) in [7, 11) is 1.60. The van der Waals surface area contributed by atoms with E-state index in [1.165, 1.54) is 11.3 Å². The molecule has 150 valence electrons. The highest BCUT2D eigenvalue weighted by molar-refractivity contribution is 7.13. The van der Waals surface area contributed by atoms with Gasteiger partial charge in [0.1, 0.15) is 22.2 Å². The van der Waals surface area contributed by atoms with E-state index in [0.717, 1.165) is 22.4 Å². The van der Waals surface area contributed by atoms with Gasteiger partial charge in [0.25, 0.3) is 11.8 Å². The van der Waals surface area contributed by atoms with Crippen molar-refractivity contribution in [2.75, 3.05) is 13.7 Å². The van der Waals surface area contributed by atoms with Gasteiger partial charge in [-0.3, -0.25) is 20.4 Å². The summed E-state index contributed by atoms with van der Waals surface area (Å²) in [5.74, 6) is 0.380. The van der Waals surface area contributed by atoms with Crippen LogP contribution >= 0.6 is 11.3 Å². The number of ether oxygens (including phenoxy) is 2. The zero-order chi connectivity index (χ0) is 20.8. The maximum atomic E-state index is 12.2. The number of nitrogens with one attached hydrogen (secondary N) is 2. The number of methoxy groups -OCH3 is 1. The van der Waals surface area contributed by atoms with Gasteiger partial charge in [-0.15, -0.1) is 11.3 Å². The van der Waals surface area contributed by atoms with Gasteiger partial charge in [-0.1, -0.05) is 6.07 Å². The summed E-state index contributed by atoms with van der Waals surface area (Å²) in [5.41, 5.74) is 7.86. The summed E-state index contributed by atoms with van der Waals surface area (Å²) in [6.07, 6.45) is 0. The molecule has 0 bridgehead atoms. The fraction of sp³-hybridized carbons (Fsp3) is 0.190.